The zero-order valence-corrected chi connectivity index (χ0v) is 17.5. The van der Waals surface area contributed by atoms with Gasteiger partial charge in [-0.15, -0.1) is 24.8 Å². The highest BCUT2D eigenvalue weighted by Crippen LogP contribution is 2.34. The molecule has 3 fully saturated rings. The molecule has 0 radical (unpaired) electrons. The molecule has 4 nitrogen and oxygen atoms in total. The van der Waals surface area contributed by atoms with E-state index < -0.39 is 12.7 Å². The van der Waals surface area contributed by atoms with Crippen LogP contribution in [-0.4, -0.2) is 66.7 Å². The fourth-order valence-electron chi connectivity index (χ4n) is 4.84. The van der Waals surface area contributed by atoms with Crippen LogP contribution in [0.4, 0.5) is 13.2 Å². The Morgan fingerprint density at radius 2 is 1.89 bits per heavy atom. The summed E-state index contributed by atoms with van der Waals surface area (Å²) in [4.78, 5) is 16.1. The van der Waals surface area contributed by atoms with E-state index in [1.165, 1.54) is 30.6 Å². The lowest BCUT2D eigenvalue weighted by molar-refractivity contribution is -0.146. The highest BCUT2D eigenvalue weighted by atomic mass is 35.5. The molecule has 3 rings (SSSR count). The van der Waals surface area contributed by atoms with Crippen molar-refractivity contribution >= 4 is 30.7 Å². The van der Waals surface area contributed by atoms with Crippen LogP contribution < -0.4 is 5.32 Å². The van der Waals surface area contributed by atoms with E-state index in [0.29, 0.717) is 38.1 Å². The molecule has 0 aromatic carbocycles. The molecular formula is C18H32Cl2F3N3O. The zero-order valence-electron chi connectivity index (χ0n) is 15.8. The standard InChI is InChI=1S/C18H30F3N3O.2ClH/c1-2-23(12-18(19,20)21)10-13-7-8-24(11-13)17(25)16-9-14-5-3-4-6-15(14)22-16;;/h13-16,22H,2-12H2,1H3;2*1H. The van der Waals surface area contributed by atoms with Crippen LogP contribution in [0, 0.1) is 11.8 Å². The first-order valence-corrected chi connectivity index (χ1v) is 9.69. The monoisotopic (exact) mass is 433 g/mol. The number of halogens is 5. The minimum atomic E-state index is -4.16. The van der Waals surface area contributed by atoms with Crippen molar-refractivity contribution in [2.75, 3.05) is 32.7 Å². The number of nitrogens with one attached hydrogen (secondary N) is 1. The van der Waals surface area contributed by atoms with Crippen molar-refractivity contribution in [3.63, 3.8) is 0 Å². The third kappa shape index (κ3) is 6.65. The van der Waals surface area contributed by atoms with E-state index in [1.54, 1.807) is 6.92 Å². The summed E-state index contributed by atoms with van der Waals surface area (Å²) in [7, 11) is 0. The molecule has 0 aromatic rings. The lowest BCUT2D eigenvalue weighted by Crippen LogP contribution is -2.45. The van der Waals surface area contributed by atoms with Gasteiger partial charge in [0.25, 0.3) is 0 Å². The summed E-state index contributed by atoms with van der Waals surface area (Å²) in [6.45, 7) is 2.98. The smallest absolute Gasteiger partial charge is 0.341 e. The number of hydrogen-bond acceptors (Lipinski definition) is 3. The first-order valence-electron chi connectivity index (χ1n) is 9.69. The van der Waals surface area contributed by atoms with Crippen molar-refractivity contribution in [1.82, 2.24) is 15.1 Å². The Morgan fingerprint density at radius 1 is 1.19 bits per heavy atom. The number of rotatable bonds is 5. The maximum atomic E-state index is 12.8. The highest BCUT2D eigenvalue weighted by Gasteiger charge is 2.41. The minimum absolute atomic E-state index is 0. The fraction of sp³-hybridized carbons (Fsp3) is 0.944. The van der Waals surface area contributed by atoms with Crippen molar-refractivity contribution in [3.05, 3.63) is 0 Å². The Bertz CT molecular complexity index is 467. The number of carbonyl (C=O) groups excluding carboxylic acids is 1. The summed E-state index contributed by atoms with van der Waals surface area (Å²) < 4.78 is 37.8. The summed E-state index contributed by atoms with van der Waals surface area (Å²) in [5.74, 6) is 0.939. The van der Waals surface area contributed by atoms with Gasteiger partial charge in [-0.25, -0.2) is 0 Å². The molecule has 4 unspecified atom stereocenters. The molecule has 1 saturated carbocycles. The second-order valence-electron chi connectivity index (χ2n) is 7.99. The number of carbonyl (C=O) groups is 1. The molecular weight excluding hydrogens is 402 g/mol. The summed E-state index contributed by atoms with van der Waals surface area (Å²) in [5.41, 5.74) is 0. The van der Waals surface area contributed by atoms with Gasteiger partial charge in [0, 0.05) is 25.7 Å². The van der Waals surface area contributed by atoms with Crippen molar-refractivity contribution < 1.29 is 18.0 Å². The normalized spacial score (nSPS) is 30.6. The third-order valence-electron chi connectivity index (χ3n) is 6.12. The SMILES string of the molecule is CCN(CC1CCN(C(=O)C2CC3CCCCC3N2)C1)CC(F)(F)F.Cl.Cl. The second-order valence-corrected chi connectivity index (χ2v) is 7.99. The topological polar surface area (TPSA) is 35.6 Å². The fourth-order valence-corrected chi connectivity index (χ4v) is 4.84. The highest BCUT2D eigenvalue weighted by molar-refractivity contribution is 5.85. The Morgan fingerprint density at radius 3 is 2.52 bits per heavy atom. The van der Waals surface area contributed by atoms with Gasteiger partial charge in [0.05, 0.1) is 12.6 Å². The molecule has 1 N–H and O–H groups in total. The van der Waals surface area contributed by atoms with E-state index in [2.05, 4.69) is 5.32 Å². The molecule has 1 amide bonds. The molecule has 9 heteroatoms. The van der Waals surface area contributed by atoms with Crippen LogP contribution in [-0.2, 0) is 4.79 Å². The van der Waals surface area contributed by atoms with Gasteiger partial charge >= 0.3 is 6.18 Å². The zero-order chi connectivity index (χ0) is 18.0. The van der Waals surface area contributed by atoms with Crippen molar-refractivity contribution in [2.45, 2.75) is 63.7 Å². The minimum Gasteiger partial charge on any atom is -0.341 e. The molecule has 160 valence electrons. The molecule has 27 heavy (non-hydrogen) atoms. The maximum absolute atomic E-state index is 12.8. The predicted octanol–water partition coefficient (Wildman–Crippen LogP) is 3.48. The van der Waals surface area contributed by atoms with E-state index in [-0.39, 0.29) is 42.7 Å². The quantitative estimate of drug-likeness (QED) is 0.720. The average Bonchev–Trinajstić information content (AvgIpc) is 3.18. The van der Waals surface area contributed by atoms with E-state index in [4.69, 9.17) is 0 Å². The molecule has 0 aromatic heterocycles. The number of fused-ring (bicyclic) bond motifs is 1. The Balaban J connectivity index is 0.00000182. The molecule has 4 atom stereocenters. The van der Waals surface area contributed by atoms with Gasteiger partial charge < -0.3 is 10.2 Å². The van der Waals surface area contributed by atoms with Gasteiger partial charge in [-0.3, -0.25) is 9.69 Å². The van der Waals surface area contributed by atoms with Crippen LogP contribution in [0.15, 0.2) is 0 Å². The van der Waals surface area contributed by atoms with Crippen LogP contribution in [0.3, 0.4) is 0 Å². The lowest BCUT2D eigenvalue weighted by atomic mass is 9.85. The summed E-state index contributed by atoms with van der Waals surface area (Å²) in [6.07, 6.45) is 2.47. The van der Waals surface area contributed by atoms with E-state index in [9.17, 15) is 18.0 Å². The number of hydrogen-bond donors (Lipinski definition) is 1. The first-order chi connectivity index (χ1) is 11.9. The van der Waals surface area contributed by atoms with E-state index >= 15 is 0 Å². The van der Waals surface area contributed by atoms with Gasteiger partial charge in [-0.2, -0.15) is 13.2 Å². The lowest BCUT2D eigenvalue weighted by Gasteiger charge is -2.26. The maximum Gasteiger partial charge on any atom is 0.401 e. The van der Waals surface area contributed by atoms with E-state index in [1.807, 2.05) is 4.90 Å². The summed E-state index contributed by atoms with van der Waals surface area (Å²) in [5, 5.41) is 3.52. The molecule has 3 aliphatic rings. The van der Waals surface area contributed by atoms with Gasteiger partial charge in [0.2, 0.25) is 5.91 Å². The number of alkyl halides is 3. The van der Waals surface area contributed by atoms with Gasteiger partial charge in [-0.1, -0.05) is 19.8 Å². The Labute approximate surface area is 172 Å². The largest absolute Gasteiger partial charge is 0.401 e. The van der Waals surface area contributed by atoms with Gasteiger partial charge in [-0.05, 0) is 44.1 Å². The number of likely N-dealkylation sites (tertiary alicyclic amines) is 1. The van der Waals surface area contributed by atoms with Crippen LogP contribution in [0.2, 0.25) is 0 Å². The predicted molar refractivity (Wildman–Crippen MR) is 105 cm³/mol. The van der Waals surface area contributed by atoms with E-state index in [0.717, 1.165) is 12.8 Å². The van der Waals surface area contributed by atoms with Crippen LogP contribution >= 0.6 is 24.8 Å². The molecule has 2 saturated heterocycles. The van der Waals surface area contributed by atoms with Gasteiger partial charge in [0.15, 0.2) is 0 Å². The molecule has 0 bridgehead atoms. The van der Waals surface area contributed by atoms with Crippen LogP contribution in [0.25, 0.3) is 0 Å². The van der Waals surface area contributed by atoms with Crippen LogP contribution in [0.1, 0.15) is 45.4 Å². The second kappa shape index (κ2) is 10.5. The Kier molecular flexibility index (Phi) is 9.65. The third-order valence-corrected chi connectivity index (χ3v) is 6.12. The molecule has 1 aliphatic carbocycles. The summed E-state index contributed by atoms with van der Waals surface area (Å²) in [6, 6.07) is 0.410. The average molecular weight is 434 g/mol. The first kappa shape index (κ1) is 24.8. The number of amides is 1. The van der Waals surface area contributed by atoms with Crippen molar-refractivity contribution in [3.8, 4) is 0 Å². The molecule has 2 heterocycles. The summed E-state index contributed by atoms with van der Waals surface area (Å²) >= 11 is 0. The van der Waals surface area contributed by atoms with Gasteiger partial charge in [0.1, 0.15) is 0 Å². The molecule has 0 spiro atoms. The number of nitrogens with zero attached hydrogens (tertiary/aromatic N) is 2. The van der Waals surface area contributed by atoms with Crippen molar-refractivity contribution in [1.29, 1.82) is 0 Å². The molecule has 2 aliphatic heterocycles. The van der Waals surface area contributed by atoms with Crippen molar-refractivity contribution in [2.24, 2.45) is 11.8 Å². The Hall–Kier alpha value is -0.240. The van der Waals surface area contributed by atoms with Crippen LogP contribution in [0.5, 0.6) is 0 Å².